The maximum atomic E-state index is 6.76. The molecule has 0 radical (unpaired) electrons. The number of benzene rings is 2. The molecule has 1 aliphatic carbocycles. The van der Waals surface area contributed by atoms with Crippen molar-refractivity contribution in [2.45, 2.75) is 37.5 Å². The Balaban J connectivity index is 1.50. The Kier molecular flexibility index (Phi) is 5.16. The van der Waals surface area contributed by atoms with Crippen LogP contribution in [0.4, 0.5) is 0 Å². The first-order chi connectivity index (χ1) is 14.2. The van der Waals surface area contributed by atoms with Gasteiger partial charge in [-0.25, -0.2) is 0 Å². The number of H-pyrrole nitrogens is 1. The minimum atomic E-state index is -0.000563. The lowest BCUT2D eigenvalue weighted by Gasteiger charge is -2.37. The Morgan fingerprint density at radius 1 is 1.10 bits per heavy atom. The summed E-state index contributed by atoms with van der Waals surface area (Å²) in [4.78, 5) is 2.57. The van der Waals surface area contributed by atoms with Gasteiger partial charge in [0.1, 0.15) is 11.9 Å². The summed E-state index contributed by atoms with van der Waals surface area (Å²) < 4.78 is 7.77. The van der Waals surface area contributed by atoms with Gasteiger partial charge in [-0.15, -0.1) is 0 Å². The molecule has 0 spiro atoms. The van der Waals surface area contributed by atoms with Gasteiger partial charge in [0.05, 0.1) is 11.7 Å². The molecule has 0 saturated carbocycles. The van der Waals surface area contributed by atoms with Crippen molar-refractivity contribution in [2.75, 3.05) is 13.1 Å². The van der Waals surface area contributed by atoms with E-state index in [1.165, 1.54) is 11.1 Å². The Labute approximate surface area is 179 Å². The highest BCUT2D eigenvalue weighted by atomic mass is 79.9. The van der Waals surface area contributed by atoms with Crippen molar-refractivity contribution in [2.24, 2.45) is 5.73 Å². The van der Waals surface area contributed by atoms with Crippen molar-refractivity contribution in [3.8, 4) is 17.0 Å². The number of fused-ring (bicyclic) bond motifs is 1. The van der Waals surface area contributed by atoms with Gasteiger partial charge in [0.15, 0.2) is 0 Å². The van der Waals surface area contributed by atoms with Crippen LogP contribution in [-0.4, -0.2) is 40.3 Å². The molecule has 2 atom stereocenters. The third kappa shape index (κ3) is 3.72. The first-order valence-electron chi connectivity index (χ1n) is 10.2. The van der Waals surface area contributed by atoms with Crippen molar-refractivity contribution >= 4 is 15.9 Å². The van der Waals surface area contributed by atoms with Gasteiger partial charge in [-0.2, -0.15) is 5.10 Å². The number of rotatable bonds is 4. The number of nitrogens with one attached hydrogen (secondary N) is 1. The first-order valence-corrected chi connectivity index (χ1v) is 11.0. The molecule has 0 amide bonds. The van der Waals surface area contributed by atoms with E-state index in [0.717, 1.165) is 53.8 Å². The summed E-state index contributed by atoms with van der Waals surface area (Å²) in [5.74, 6) is 0.862. The summed E-state index contributed by atoms with van der Waals surface area (Å²) in [5.41, 5.74) is 10.7. The molecule has 6 heteroatoms. The maximum Gasteiger partial charge on any atom is 0.140 e. The van der Waals surface area contributed by atoms with Crippen LogP contribution in [0.1, 0.15) is 30.1 Å². The van der Waals surface area contributed by atoms with Gasteiger partial charge in [-0.3, -0.25) is 10.00 Å². The lowest BCUT2D eigenvalue weighted by Crippen LogP contribution is -2.47. The molecule has 150 valence electrons. The molecule has 2 aliphatic rings. The summed E-state index contributed by atoms with van der Waals surface area (Å²) >= 11 is 3.59. The van der Waals surface area contributed by atoms with Gasteiger partial charge < -0.3 is 10.5 Å². The highest BCUT2D eigenvalue weighted by Gasteiger charge is 2.39. The van der Waals surface area contributed by atoms with Crippen LogP contribution in [-0.2, 0) is 6.42 Å². The van der Waals surface area contributed by atoms with E-state index in [4.69, 9.17) is 10.5 Å². The lowest BCUT2D eigenvalue weighted by molar-refractivity contribution is 0.0613. The quantitative estimate of drug-likeness (QED) is 0.618. The second kappa shape index (κ2) is 7.94. The smallest absolute Gasteiger partial charge is 0.140 e. The number of nitrogens with two attached hydrogens (primary N) is 1. The molecule has 5 nitrogen and oxygen atoms in total. The molecule has 0 bridgehead atoms. The highest BCUT2D eigenvalue weighted by Crippen LogP contribution is 2.41. The third-order valence-electron chi connectivity index (χ3n) is 6.16. The van der Waals surface area contributed by atoms with Gasteiger partial charge in [0.2, 0.25) is 0 Å². The topological polar surface area (TPSA) is 67.2 Å². The number of hydrogen-bond acceptors (Lipinski definition) is 4. The number of aromatic amines is 1. The van der Waals surface area contributed by atoms with Crippen molar-refractivity contribution < 1.29 is 4.74 Å². The zero-order valence-corrected chi connectivity index (χ0v) is 17.8. The van der Waals surface area contributed by atoms with Gasteiger partial charge in [0, 0.05) is 35.4 Å². The molecule has 1 aliphatic heterocycles. The monoisotopic (exact) mass is 452 g/mol. The highest BCUT2D eigenvalue weighted by molar-refractivity contribution is 9.10. The van der Waals surface area contributed by atoms with Crippen LogP contribution in [0.5, 0.6) is 5.75 Å². The van der Waals surface area contributed by atoms with Gasteiger partial charge in [0.25, 0.3) is 0 Å². The van der Waals surface area contributed by atoms with E-state index < -0.39 is 0 Å². The summed E-state index contributed by atoms with van der Waals surface area (Å²) in [5, 5.41) is 7.28. The molecule has 1 aromatic heterocycles. The average Bonchev–Trinajstić information content (AvgIpc) is 3.39. The molecular weight excluding hydrogens is 428 g/mol. The first kappa shape index (κ1) is 18.9. The van der Waals surface area contributed by atoms with Crippen molar-refractivity contribution in [3.63, 3.8) is 0 Å². The maximum absolute atomic E-state index is 6.76. The largest absolute Gasteiger partial charge is 0.483 e. The SMILES string of the molecule is NC1CCN([C@@H]2Cc3ccccc3[C@H]2Oc2ccc(Br)cc2-c2cc[nH]n2)CC1. The number of halogens is 1. The molecule has 1 fully saturated rings. The second-order valence-corrected chi connectivity index (χ2v) is 8.90. The van der Waals surface area contributed by atoms with Crippen LogP contribution in [0.15, 0.2) is 59.2 Å². The minimum absolute atomic E-state index is 0.000563. The number of nitrogens with zero attached hydrogens (tertiary/aromatic N) is 2. The molecule has 29 heavy (non-hydrogen) atoms. The fraction of sp³-hybridized carbons (Fsp3) is 0.348. The predicted octanol–water partition coefficient (Wildman–Crippen LogP) is 4.31. The van der Waals surface area contributed by atoms with E-state index >= 15 is 0 Å². The van der Waals surface area contributed by atoms with E-state index in [1.807, 2.05) is 24.4 Å². The molecule has 5 rings (SSSR count). The summed E-state index contributed by atoms with van der Waals surface area (Å²) in [7, 11) is 0. The third-order valence-corrected chi connectivity index (χ3v) is 6.65. The number of hydrogen-bond donors (Lipinski definition) is 2. The number of aromatic nitrogens is 2. The molecular formula is C23H25BrN4O. The van der Waals surface area contributed by atoms with Crippen LogP contribution in [0.25, 0.3) is 11.3 Å². The van der Waals surface area contributed by atoms with E-state index in [1.54, 1.807) is 0 Å². The van der Waals surface area contributed by atoms with E-state index in [0.29, 0.717) is 12.1 Å². The zero-order chi connectivity index (χ0) is 19.8. The van der Waals surface area contributed by atoms with Crippen molar-refractivity contribution in [3.05, 3.63) is 70.3 Å². The Hall–Kier alpha value is -2.15. The normalized spacial score (nSPS) is 22.6. The molecule has 0 unspecified atom stereocenters. The second-order valence-electron chi connectivity index (χ2n) is 7.98. The fourth-order valence-electron chi connectivity index (χ4n) is 4.60. The predicted molar refractivity (Wildman–Crippen MR) is 118 cm³/mol. The van der Waals surface area contributed by atoms with Crippen molar-refractivity contribution in [1.29, 1.82) is 0 Å². The number of ether oxygens (including phenoxy) is 1. The molecule has 3 aromatic rings. The van der Waals surface area contributed by atoms with Gasteiger partial charge >= 0.3 is 0 Å². The Morgan fingerprint density at radius 2 is 1.93 bits per heavy atom. The van der Waals surface area contributed by atoms with Crippen LogP contribution in [0, 0.1) is 0 Å². The summed E-state index contributed by atoms with van der Waals surface area (Å²) in [6.45, 7) is 2.07. The fourth-order valence-corrected chi connectivity index (χ4v) is 4.96. The minimum Gasteiger partial charge on any atom is -0.483 e. The Bertz CT molecular complexity index is 982. The summed E-state index contributed by atoms with van der Waals surface area (Å²) in [6, 6.07) is 17.4. The van der Waals surface area contributed by atoms with Crippen LogP contribution in [0.2, 0.25) is 0 Å². The lowest BCUT2D eigenvalue weighted by atomic mass is 10.0. The summed E-state index contributed by atoms with van der Waals surface area (Å²) in [6.07, 6.45) is 4.96. The molecule has 3 N–H and O–H groups in total. The van der Waals surface area contributed by atoms with Crippen LogP contribution in [0.3, 0.4) is 0 Å². The Morgan fingerprint density at radius 3 is 2.72 bits per heavy atom. The van der Waals surface area contributed by atoms with E-state index in [2.05, 4.69) is 61.4 Å². The molecule has 1 saturated heterocycles. The number of piperidine rings is 1. The van der Waals surface area contributed by atoms with E-state index in [9.17, 15) is 0 Å². The van der Waals surface area contributed by atoms with Gasteiger partial charge in [-0.1, -0.05) is 40.2 Å². The van der Waals surface area contributed by atoms with E-state index in [-0.39, 0.29) is 6.10 Å². The van der Waals surface area contributed by atoms with Crippen LogP contribution >= 0.6 is 15.9 Å². The zero-order valence-electron chi connectivity index (χ0n) is 16.2. The average molecular weight is 453 g/mol. The number of likely N-dealkylation sites (tertiary alicyclic amines) is 1. The van der Waals surface area contributed by atoms with Crippen LogP contribution < -0.4 is 10.5 Å². The molecule has 2 aromatic carbocycles. The standard InChI is InChI=1S/C23H25BrN4O/c24-16-5-6-22(19(14-16)20-7-10-26-27-20)29-23-18-4-2-1-3-15(18)13-21(23)28-11-8-17(25)9-12-28/h1-7,10,14,17,21,23H,8-9,11-13,25H2,(H,26,27)/t21-,23-/m1/s1. The van der Waals surface area contributed by atoms with Crippen molar-refractivity contribution in [1.82, 2.24) is 15.1 Å². The van der Waals surface area contributed by atoms with Gasteiger partial charge in [-0.05, 0) is 54.7 Å². The molecule has 2 heterocycles.